The molecule has 0 amide bonds. The number of aliphatic hydroxyl groups is 1. The van der Waals surface area contributed by atoms with Gasteiger partial charge in [0.2, 0.25) is 0 Å². The monoisotopic (exact) mass is 220 g/mol. The lowest BCUT2D eigenvalue weighted by atomic mass is 9.80. The van der Waals surface area contributed by atoms with Gasteiger partial charge in [0.1, 0.15) is 0 Å². The summed E-state index contributed by atoms with van der Waals surface area (Å²) in [5, 5.41) is 9.87. The summed E-state index contributed by atoms with van der Waals surface area (Å²) in [5.74, 6) is 0.769. The molecule has 1 aliphatic rings. The van der Waals surface area contributed by atoms with Gasteiger partial charge < -0.3 is 9.84 Å². The molecule has 0 bridgehead atoms. The molecule has 0 heterocycles. The summed E-state index contributed by atoms with van der Waals surface area (Å²) >= 11 is 0. The number of benzene rings is 1. The molecule has 1 aliphatic carbocycles. The normalized spacial score (nSPS) is 18.1. The molecule has 1 fully saturated rings. The number of rotatable bonds is 5. The average molecular weight is 220 g/mol. The van der Waals surface area contributed by atoms with Crippen LogP contribution in [0.4, 0.5) is 0 Å². The van der Waals surface area contributed by atoms with Crippen LogP contribution in [0.2, 0.25) is 0 Å². The Balaban J connectivity index is 1.95. The van der Waals surface area contributed by atoms with Crippen LogP contribution in [-0.4, -0.2) is 18.8 Å². The summed E-state index contributed by atoms with van der Waals surface area (Å²) < 4.78 is 4.96. The van der Waals surface area contributed by atoms with Crippen molar-refractivity contribution in [1.29, 1.82) is 0 Å². The second kappa shape index (κ2) is 5.46. The second-order valence-corrected chi connectivity index (χ2v) is 4.59. The standard InChI is InChI=1S/C14H20O2/c1-16-10-9-14(15)13-7-5-12(6-8-13)11-3-2-4-11/h5-8,11,14-15H,2-4,9-10H2,1H3. The van der Waals surface area contributed by atoms with Crippen LogP contribution in [-0.2, 0) is 4.74 Å². The van der Waals surface area contributed by atoms with Gasteiger partial charge in [-0.05, 0) is 29.9 Å². The Bertz CT molecular complexity index is 314. The minimum absolute atomic E-state index is 0.393. The molecular formula is C14H20O2. The molecule has 1 N–H and O–H groups in total. The van der Waals surface area contributed by atoms with Gasteiger partial charge >= 0.3 is 0 Å². The summed E-state index contributed by atoms with van der Waals surface area (Å²) in [7, 11) is 1.66. The lowest BCUT2D eigenvalue weighted by Crippen LogP contribution is -2.09. The lowest BCUT2D eigenvalue weighted by Gasteiger charge is -2.26. The molecule has 0 radical (unpaired) electrons. The molecule has 1 saturated carbocycles. The predicted octanol–water partition coefficient (Wildman–Crippen LogP) is 3.02. The fraction of sp³-hybridized carbons (Fsp3) is 0.571. The first-order valence-corrected chi connectivity index (χ1v) is 6.08. The highest BCUT2D eigenvalue weighted by atomic mass is 16.5. The molecule has 1 unspecified atom stereocenters. The van der Waals surface area contributed by atoms with E-state index in [0.717, 1.165) is 11.5 Å². The van der Waals surface area contributed by atoms with E-state index < -0.39 is 6.10 Å². The zero-order valence-corrected chi connectivity index (χ0v) is 9.86. The molecule has 16 heavy (non-hydrogen) atoms. The van der Waals surface area contributed by atoms with E-state index in [-0.39, 0.29) is 0 Å². The molecule has 1 aromatic carbocycles. The maximum Gasteiger partial charge on any atom is 0.0812 e. The number of aliphatic hydroxyl groups excluding tert-OH is 1. The number of hydrogen-bond acceptors (Lipinski definition) is 2. The van der Waals surface area contributed by atoms with Gasteiger partial charge in [0.05, 0.1) is 6.10 Å². The van der Waals surface area contributed by atoms with Crippen molar-refractivity contribution in [2.45, 2.75) is 37.7 Å². The van der Waals surface area contributed by atoms with Crippen molar-refractivity contribution in [2.24, 2.45) is 0 Å². The quantitative estimate of drug-likeness (QED) is 0.826. The van der Waals surface area contributed by atoms with Crippen molar-refractivity contribution in [1.82, 2.24) is 0 Å². The highest BCUT2D eigenvalue weighted by Crippen LogP contribution is 2.36. The number of hydrogen-bond donors (Lipinski definition) is 1. The fourth-order valence-corrected chi connectivity index (χ4v) is 2.13. The SMILES string of the molecule is COCCC(O)c1ccc(C2CCC2)cc1. The third-order valence-electron chi connectivity index (χ3n) is 3.49. The first-order chi connectivity index (χ1) is 7.81. The smallest absolute Gasteiger partial charge is 0.0812 e. The summed E-state index contributed by atoms with van der Waals surface area (Å²) in [6, 6.07) is 8.42. The van der Waals surface area contributed by atoms with Crippen molar-refractivity contribution < 1.29 is 9.84 Å². The number of methoxy groups -OCH3 is 1. The van der Waals surface area contributed by atoms with Crippen LogP contribution in [0.25, 0.3) is 0 Å². The largest absolute Gasteiger partial charge is 0.388 e. The van der Waals surface area contributed by atoms with E-state index in [1.165, 1.54) is 24.8 Å². The topological polar surface area (TPSA) is 29.5 Å². The van der Waals surface area contributed by atoms with Crippen LogP contribution in [0.5, 0.6) is 0 Å². The van der Waals surface area contributed by atoms with Gasteiger partial charge in [-0.3, -0.25) is 0 Å². The van der Waals surface area contributed by atoms with Gasteiger partial charge in [-0.2, -0.15) is 0 Å². The third kappa shape index (κ3) is 2.63. The third-order valence-corrected chi connectivity index (χ3v) is 3.49. The molecule has 0 aromatic heterocycles. The van der Waals surface area contributed by atoms with Gasteiger partial charge in [0.15, 0.2) is 0 Å². The zero-order valence-electron chi connectivity index (χ0n) is 9.86. The van der Waals surface area contributed by atoms with Gasteiger partial charge in [-0.1, -0.05) is 30.7 Å². The van der Waals surface area contributed by atoms with E-state index in [4.69, 9.17) is 4.74 Å². The van der Waals surface area contributed by atoms with Crippen molar-refractivity contribution in [3.05, 3.63) is 35.4 Å². The Kier molecular flexibility index (Phi) is 3.97. The predicted molar refractivity (Wildman–Crippen MR) is 64.5 cm³/mol. The van der Waals surface area contributed by atoms with Gasteiger partial charge in [0, 0.05) is 20.1 Å². The van der Waals surface area contributed by atoms with Crippen molar-refractivity contribution >= 4 is 0 Å². The molecule has 1 aromatic rings. The Morgan fingerprint density at radius 3 is 2.50 bits per heavy atom. The van der Waals surface area contributed by atoms with E-state index in [1.54, 1.807) is 7.11 Å². The summed E-state index contributed by atoms with van der Waals surface area (Å²) in [4.78, 5) is 0. The van der Waals surface area contributed by atoms with Crippen molar-refractivity contribution in [3.63, 3.8) is 0 Å². The summed E-state index contributed by atoms with van der Waals surface area (Å²) in [6.45, 7) is 0.603. The number of ether oxygens (including phenoxy) is 1. The van der Waals surface area contributed by atoms with Gasteiger partial charge in [0.25, 0.3) is 0 Å². The van der Waals surface area contributed by atoms with Crippen LogP contribution in [0, 0.1) is 0 Å². The average Bonchev–Trinajstić information content (AvgIpc) is 2.24. The molecule has 88 valence electrons. The Morgan fingerprint density at radius 2 is 2.00 bits per heavy atom. The van der Waals surface area contributed by atoms with E-state index >= 15 is 0 Å². The minimum Gasteiger partial charge on any atom is -0.388 e. The van der Waals surface area contributed by atoms with Gasteiger partial charge in [-0.25, -0.2) is 0 Å². The minimum atomic E-state index is -0.393. The van der Waals surface area contributed by atoms with E-state index in [9.17, 15) is 5.11 Å². The highest BCUT2D eigenvalue weighted by Gasteiger charge is 2.19. The Hall–Kier alpha value is -0.860. The zero-order chi connectivity index (χ0) is 11.4. The highest BCUT2D eigenvalue weighted by molar-refractivity contribution is 5.27. The maximum absolute atomic E-state index is 9.87. The molecule has 2 heteroatoms. The first kappa shape index (κ1) is 11.6. The van der Waals surface area contributed by atoms with E-state index in [2.05, 4.69) is 12.1 Å². The van der Waals surface area contributed by atoms with Crippen LogP contribution in [0.15, 0.2) is 24.3 Å². The summed E-state index contributed by atoms with van der Waals surface area (Å²) in [6.07, 6.45) is 4.29. The van der Waals surface area contributed by atoms with E-state index in [1.807, 2.05) is 12.1 Å². The molecule has 2 nitrogen and oxygen atoms in total. The molecule has 0 aliphatic heterocycles. The van der Waals surface area contributed by atoms with Crippen molar-refractivity contribution in [3.8, 4) is 0 Å². The Morgan fingerprint density at radius 1 is 1.31 bits per heavy atom. The van der Waals surface area contributed by atoms with Gasteiger partial charge in [-0.15, -0.1) is 0 Å². The molecule has 0 saturated heterocycles. The second-order valence-electron chi connectivity index (χ2n) is 4.59. The fourth-order valence-electron chi connectivity index (χ4n) is 2.13. The first-order valence-electron chi connectivity index (χ1n) is 6.08. The van der Waals surface area contributed by atoms with E-state index in [0.29, 0.717) is 13.0 Å². The molecule has 2 rings (SSSR count). The van der Waals surface area contributed by atoms with Crippen molar-refractivity contribution in [2.75, 3.05) is 13.7 Å². The molecule has 0 spiro atoms. The van der Waals surface area contributed by atoms with Crippen LogP contribution >= 0.6 is 0 Å². The van der Waals surface area contributed by atoms with Crippen LogP contribution in [0.1, 0.15) is 48.8 Å². The van der Waals surface area contributed by atoms with Crippen LogP contribution in [0.3, 0.4) is 0 Å². The maximum atomic E-state index is 9.87. The summed E-state index contributed by atoms with van der Waals surface area (Å²) in [5.41, 5.74) is 2.43. The molecule has 1 atom stereocenters. The lowest BCUT2D eigenvalue weighted by molar-refractivity contribution is 0.110. The Labute approximate surface area is 97.3 Å². The molecular weight excluding hydrogens is 200 g/mol. The van der Waals surface area contributed by atoms with Crippen LogP contribution < -0.4 is 0 Å².